The highest BCUT2D eigenvalue weighted by Gasteiger charge is 2.45. The number of rotatable bonds is 12. The van der Waals surface area contributed by atoms with E-state index in [4.69, 9.17) is 14.2 Å². The Balaban J connectivity index is 2.04. The molecular weight excluding hydrogens is 434 g/mol. The van der Waals surface area contributed by atoms with Crippen LogP contribution in [0.1, 0.15) is 36.9 Å². The minimum absolute atomic E-state index is 0.0508. The number of hydrogen-bond donors (Lipinski definition) is 1. The molecule has 0 aromatic heterocycles. The smallest absolute Gasteiger partial charge is 0.295 e. The summed E-state index contributed by atoms with van der Waals surface area (Å²) >= 11 is 0. The van der Waals surface area contributed by atoms with Crippen LogP contribution in [0.5, 0.6) is 11.5 Å². The van der Waals surface area contributed by atoms with Crippen LogP contribution in [0.4, 0.5) is 0 Å². The van der Waals surface area contributed by atoms with Gasteiger partial charge < -0.3 is 24.2 Å². The zero-order chi connectivity index (χ0) is 24.5. The van der Waals surface area contributed by atoms with Crippen LogP contribution in [0.3, 0.4) is 0 Å². The van der Waals surface area contributed by atoms with Gasteiger partial charge in [-0.05, 0) is 42.7 Å². The zero-order valence-electron chi connectivity index (χ0n) is 19.7. The summed E-state index contributed by atoms with van der Waals surface area (Å²) in [6.45, 7) is 7.30. The van der Waals surface area contributed by atoms with Crippen molar-refractivity contribution in [2.45, 2.75) is 25.8 Å². The Labute approximate surface area is 200 Å². The van der Waals surface area contributed by atoms with Crippen LogP contribution in [0.15, 0.2) is 66.8 Å². The fraction of sp³-hybridized carbons (Fsp3) is 0.333. The third-order valence-electron chi connectivity index (χ3n) is 5.43. The molecule has 1 aliphatic rings. The lowest BCUT2D eigenvalue weighted by molar-refractivity contribution is -0.140. The van der Waals surface area contributed by atoms with Gasteiger partial charge in [-0.3, -0.25) is 9.59 Å². The van der Waals surface area contributed by atoms with Gasteiger partial charge in [-0.15, -0.1) is 0 Å². The van der Waals surface area contributed by atoms with Gasteiger partial charge in [-0.1, -0.05) is 43.8 Å². The molecule has 2 aromatic rings. The average Bonchev–Trinajstić information content (AvgIpc) is 3.11. The summed E-state index contributed by atoms with van der Waals surface area (Å²) in [7, 11) is 1.58. The average molecular weight is 466 g/mol. The van der Waals surface area contributed by atoms with Crippen molar-refractivity contribution in [1.29, 1.82) is 0 Å². The highest BCUT2D eigenvalue weighted by Crippen LogP contribution is 2.40. The molecule has 0 radical (unpaired) electrons. The van der Waals surface area contributed by atoms with Crippen molar-refractivity contribution in [2.75, 3.05) is 33.5 Å². The number of benzene rings is 2. The highest BCUT2D eigenvalue weighted by molar-refractivity contribution is 6.46. The first-order chi connectivity index (χ1) is 16.5. The van der Waals surface area contributed by atoms with Crippen molar-refractivity contribution < 1.29 is 28.9 Å². The predicted octanol–water partition coefficient (Wildman–Crippen LogP) is 4.50. The van der Waals surface area contributed by atoms with Gasteiger partial charge in [0.2, 0.25) is 0 Å². The van der Waals surface area contributed by atoms with E-state index in [0.29, 0.717) is 55.4 Å². The number of ether oxygens (including phenoxy) is 3. The molecule has 1 aliphatic heterocycles. The first-order valence-corrected chi connectivity index (χ1v) is 11.4. The van der Waals surface area contributed by atoms with Crippen molar-refractivity contribution in [1.82, 2.24) is 4.90 Å². The maximum absolute atomic E-state index is 13.1. The molecule has 3 rings (SSSR count). The van der Waals surface area contributed by atoms with Crippen molar-refractivity contribution in [3.8, 4) is 11.5 Å². The summed E-state index contributed by atoms with van der Waals surface area (Å²) in [5.41, 5.74) is 1.16. The van der Waals surface area contributed by atoms with Crippen molar-refractivity contribution in [3.63, 3.8) is 0 Å². The molecule has 0 bridgehead atoms. The lowest BCUT2D eigenvalue weighted by Crippen LogP contribution is -2.31. The maximum atomic E-state index is 13.1. The molecule has 1 saturated heterocycles. The third kappa shape index (κ3) is 5.66. The lowest BCUT2D eigenvalue weighted by atomic mass is 9.95. The number of likely N-dealkylation sites (tertiary alicyclic amines) is 1. The summed E-state index contributed by atoms with van der Waals surface area (Å²) in [5.74, 6) is -0.368. The van der Waals surface area contributed by atoms with Gasteiger partial charge in [-0.25, -0.2) is 0 Å². The summed E-state index contributed by atoms with van der Waals surface area (Å²) in [4.78, 5) is 27.6. The summed E-state index contributed by atoms with van der Waals surface area (Å²) in [5, 5.41) is 11.2. The van der Waals surface area contributed by atoms with E-state index in [0.717, 1.165) is 6.42 Å². The molecule has 180 valence electrons. The lowest BCUT2D eigenvalue weighted by Gasteiger charge is -2.25. The SMILES string of the molecule is C=CCOc1ccc(C2C(=C(O)c3cccc(OCCC)c3)C(=O)C(=O)N2CCCOC)cc1. The number of aliphatic hydroxyl groups is 1. The van der Waals surface area contributed by atoms with E-state index in [1.54, 1.807) is 61.7 Å². The largest absolute Gasteiger partial charge is 0.507 e. The van der Waals surface area contributed by atoms with Crippen LogP contribution in [0.25, 0.3) is 5.76 Å². The standard InChI is InChI=1S/C27H31NO6/c1-4-15-33-21-12-10-19(11-13-21)24-23(26(30)27(31)28(24)14-7-17-32-3)25(29)20-8-6-9-22(18-20)34-16-5-2/h4,6,8-13,18,24,29H,1,5,7,14-17H2,2-3H3. The zero-order valence-corrected chi connectivity index (χ0v) is 19.7. The molecule has 1 fully saturated rings. The normalized spacial score (nSPS) is 17.1. The van der Waals surface area contributed by atoms with Gasteiger partial charge in [-0.2, -0.15) is 0 Å². The molecule has 7 nitrogen and oxygen atoms in total. The summed E-state index contributed by atoms with van der Waals surface area (Å²) in [6, 6.07) is 13.3. The van der Waals surface area contributed by atoms with Gasteiger partial charge in [0.1, 0.15) is 23.9 Å². The molecule has 1 atom stereocenters. The van der Waals surface area contributed by atoms with Crippen molar-refractivity contribution in [3.05, 3.63) is 77.9 Å². The van der Waals surface area contributed by atoms with Crippen molar-refractivity contribution in [2.24, 2.45) is 0 Å². The highest BCUT2D eigenvalue weighted by atomic mass is 16.5. The van der Waals surface area contributed by atoms with Gasteiger partial charge in [0, 0.05) is 25.8 Å². The van der Waals surface area contributed by atoms with E-state index in [-0.39, 0.29) is 11.3 Å². The second-order valence-corrected chi connectivity index (χ2v) is 7.88. The number of methoxy groups -OCH3 is 1. The van der Waals surface area contributed by atoms with Crippen LogP contribution in [-0.2, 0) is 14.3 Å². The number of carbonyl (C=O) groups excluding carboxylic acids is 2. The second kappa shape index (κ2) is 12.0. The molecule has 1 N–H and O–H groups in total. The van der Waals surface area contributed by atoms with Gasteiger partial charge in [0.25, 0.3) is 11.7 Å². The quantitative estimate of drug-likeness (QED) is 0.163. The summed E-state index contributed by atoms with van der Waals surface area (Å²) < 4.78 is 16.3. The number of amides is 1. The molecule has 0 saturated carbocycles. The minimum Gasteiger partial charge on any atom is -0.507 e. The van der Waals surface area contributed by atoms with Crippen LogP contribution in [0.2, 0.25) is 0 Å². The number of nitrogens with zero attached hydrogens (tertiary/aromatic N) is 1. The first-order valence-electron chi connectivity index (χ1n) is 11.4. The summed E-state index contributed by atoms with van der Waals surface area (Å²) in [6.07, 6.45) is 3.05. The van der Waals surface area contributed by atoms with Gasteiger partial charge in [0.05, 0.1) is 18.2 Å². The van der Waals surface area contributed by atoms with Crippen LogP contribution >= 0.6 is 0 Å². The Morgan fingerprint density at radius 2 is 1.85 bits per heavy atom. The predicted molar refractivity (Wildman–Crippen MR) is 130 cm³/mol. The molecule has 1 amide bonds. The van der Waals surface area contributed by atoms with Crippen LogP contribution in [-0.4, -0.2) is 55.2 Å². The fourth-order valence-corrected chi connectivity index (χ4v) is 3.85. The molecule has 0 spiro atoms. The molecule has 1 unspecified atom stereocenters. The van der Waals surface area contributed by atoms with E-state index < -0.39 is 17.7 Å². The monoisotopic (exact) mass is 465 g/mol. The van der Waals surface area contributed by atoms with E-state index in [9.17, 15) is 14.7 Å². The van der Waals surface area contributed by atoms with Crippen molar-refractivity contribution >= 4 is 17.4 Å². The van der Waals surface area contributed by atoms with E-state index in [2.05, 4.69) is 6.58 Å². The number of Topliss-reactive ketones (excluding diaryl/α,β-unsaturated/α-hetero) is 1. The van der Waals surface area contributed by atoms with E-state index in [1.165, 1.54) is 4.90 Å². The third-order valence-corrected chi connectivity index (χ3v) is 5.43. The first kappa shape index (κ1) is 25.1. The van der Waals surface area contributed by atoms with E-state index >= 15 is 0 Å². The number of hydrogen-bond acceptors (Lipinski definition) is 6. The second-order valence-electron chi connectivity index (χ2n) is 7.88. The van der Waals surface area contributed by atoms with Gasteiger partial charge in [0.15, 0.2) is 0 Å². The Morgan fingerprint density at radius 1 is 1.09 bits per heavy atom. The molecule has 34 heavy (non-hydrogen) atoms. The fourth-order valence-electron chi connectivity index (χ4n) is 3.85. The molecule has 7 heteroatoms. The molecule has 2 aromatic carbocycles. The van der Waals surface area contributed by atoms with Crippen LogP contribution in [0, 0.1) is 0 Å². The van der Waals surface area contributed by atoms with Crippen LogP contribution < -0.4 is 9.47 Å². The topological polar surface area (TPSA) is 85.3 Å². The Bertz CT molecular complexity index is 1040. The molecule has 0 aliphatic carbocycles. The maximum Gasteiger partial charge on any atom is 0.295 e. The number of ketones is 1. The minimum atomic E-state index is -0.731. The Kier molecular flexibility index (Phi) is 8.87. The molecular formula is C27H31NO6. The number of carbonyl (C=O) groups is 2. The Morgan fingerprint density at radius 3 is 2.53 bits per heavy atom. The van der Waals surface area contributed by atoms with Gasteiger partial charge >= 0.3 is 0 Å². The molecule has 1 heterocycles. The Hall–Kier alpha value is -3.58. The number of aliphatic hydroxyl groups excluding tert-OH is 1. The van der Waals surface area contributed by atoms with E-state index in [1.807, 2.05) is 6.92 Å².